The van der Waals surface area contributed by atoms with Crippen LogP contribution in [0.3, 0.4) is 0 Å². The van der Waals surface area contributed by atoms with Crippen molar-refractivity contribution in [3.05, 3.63) is 48.0 Å². The number of carbonyl (C=O) groups excluding carboxylic acids is 1. The molecule has 0 aromatic heterocycles. The van der Waals surface area contributed by atoms with Crippen LogP contribution in [0.15, 0.2) is 42.5 Å². The maximum absolute atomic E-state index is 11.8. The lowest BCUT2D eigenvalue weighted by molar-refractivity contribution is -0.120. The Labute approximate surface area is 107 Å². The number of benzene rings is 2. The van der Waals surface area contributed by atoms with Crippen molar-refractivity contribution in [2.45, 2.75) is 19.4 Å². The standard InChI is InChI=1S/C15H18N2O/c1-11(10-16)17-15(18)9-12-6-7-13-4-2-3-5-14(13)8-12/h2-8,11H,9-10,16H2,1H3,(H,17,18). The van der Waals surface area contributed by atoms with E-state index in [0.29, 0.717) is 13.0 Å². The Morgan fingerprint density at radius 3 is 2.67 bits per heavy atom. The van der Waals surface area contributed by atoms with E-state index in [0.717, 1.165) is 10.9 Å². The zero-order valence-corrected chi connectivity index (χ0v) is 10.5. The molecule has 18 heavy (non-hydrogen) atoms. The van der Waals surface area contributed by atoms with Crippen LogP contribution in [0.4, 0.5) is 0 Å². The summed E-state index contributed by atoms with van der Waals surface area (Å²) < 4.78 is 0. The summed E-state index contributed by atoms with van der Waals surface area (Å²) in [7, 11) is 0. The normalized spacial score (nSPS) is 12.3. The molecule has 2 aromatic rings. The molecule has 0 aliphatic heterocycles. The van der Waals surface area contributed by atoms with E-state index in [1.807, 2.05) is 31.2 Å². The molecule has 3 nitrogen and oxygen atoms in total. The summed E-state index contributed by atoms with van der Waals surface area (Å²) in [5.74, 6) is 0.0169. The van der Waals surface area contributed by atoms with Crippen LogP contribution in [0.25, 0.3) is 10.8 Å². The fourth-order valence-corrected chi connectivity index (χ4v) is 1.92. The third kappa shape index (κ3) is 3.08. The molecule has 1 unspecified atom stereocenters. The highest BCUT2D eigenvalue weighted by molar-refractivity contribution is 5.85. The molecule has 1 amide bonds. The van der Waals surface area contributed by atoms with E-state index in [-0.39, 0.29) is 11.9 Å². The van der Waals surface area contributed by atoms with Gasteiger partial charge in [-0.2, -0.15) is 0 Å². The minimum atomic E-state index is 0.0169. The van der Waals surface area contributed by atoms with Gasteiger partial charge in [-0.15, -0.1) is 0 Å². The molecule has 3 heteroatoms. The predicted molar refractivity (Wildman–Crippen MR) is 74.3 cm³/mol. The molecular formula is C15H18N2O. The van der Waals surface area contributed by atoms with E-state index in [4.69, 9.17) is 5.73 Å². The fraction of sp³-hybridized carbons (Fsp3) is 0.267. The first kappa shape index (κ1) is 12.6. The summed E-state index contributed by atoms with van der Waals surface area (Å²) in [5.41, 5.74) is 6.50. The van der Waals surface area contributed by atoms with Crippen LogP contribution in [0, 0.1) is 0 Å². The van der Waals surface area contributed by atoms with Gasteiger partial charge in [-0.1, -0.05) is 42.5 Å². The zero-order valence-electron chi connectivity index (χ0n) is 10.5. The summed E-state index contributed by atoms with van der Waals surface area (Å²) >= 11 is 0. The van der Waals surface area contributed by atoms with Crippen molar-refractivity contribution in [1.82, 2.24) is 5.32 Å². The average Bonchev–Trinajstić information content (AvgIpc) is 2.38. The number of carbonyl (C=O) groups is 1. The van der Waals surface area contributed by atoms with E-state index in [9.17, 15) is 4.79 Å². The van der Waals surface area contributed by atoms with E-state index < -0.39 is 0 Å². The number of fused-ring (bicyclic) bond motifs is 1. The second-order valence-electron chi connectivity index (χ2n) is 4.56. The van der Waals surface area contributed by atoms with Crippen molar-refractivity contribution < 1.29 is 4.79 Å². The fourth-order valence-electron chi connectivity index (χ4n) is 1.92. The van der Waals surface area contributed by atoms with Gasteiger partial charge in [-0.05, 0) is 23.3 Å². The second-order valence-corrected chi connectivity index (χ2v) is 4.56. The van der Waals surface area contributed by atoms with Gasteiger partial charge in [0.15, 0.2) is 0 Å². The van der Waals surface area contributed by atoms with Gasteiger partial charge in [0, 0.05) is 12.6 Å². The Kier molecular flexibility index (Phi) is 3.95. The lowest BCUT2D eigenvalue weighted by atomic mass is 10.0. The predicted octanol–water partition coefficient (Wildman–Crippen LogP) is 1.85. The van der Waals surface area contributed by atoms with Gasteiger partial charge < -0.3 is 11.1 Å². The van der Waals surface area contributed by atoms with Crippen LogP contribution < -0.4 is 11.1 Å². The van der Waals surface area contributed by atoms with Gasteiger partial charge in [0.2, 0.25) is 5.91 Å². The van der Waals surface area contributed by atoms with Crippen molar-refractivity contribution in [3.63, 3.8) is 0 Å². The molecule has 2 aromatic carbocycles. The summed E-state index contributed by atoms with van der Waals surface area (Å²) in [6, 6.07) is 14.3. The number of nitrogens with two attached hydrogens (primary N) is 1. The molecule has 3 N–H and O–H groups in total. The minimum Gasteiger partial charge on any atom is -0.352 e. The number of nitrogens with one attached hydrogen (secondary N) is 1. The van der Waals surface area contributed by atoms with Crippen LogP contribution in [0.1, 0.15) is 12.5 Å². The Morgan fingerprint density at radius 1 is 1.22 bits per heavy atom. The van der Waals surface area contributed by atoms with Gasteiger partial charge in [-0.25, -0.2) is 0 Å². The van der Waals surface area contributed by atoms with Crippen LogP contribution in [-0.4, -0.2) is 18.5 Å². The Bertz CT molecular complexity index is 551. The highest BCUT2D eigenvalue weighted by Gasteiger charge is 2.07. The molecular weight excluding hydrogens is 224 g/mol. The number of rotatable bonds is 4. The van der Waals surface area contributed by atoms with Crippen LogP contribution in [0.5, 0.6) is 0 Å². The minimum absolute atomic E-state index is 0.0169. The topological polar surface area (TPSA) is 55.1 Å². The summed E-state index contributed by atoms with van der Waals surface area (Å²) in [6.07, 6.45) is 0.398. The Balaban J connectivity index is 2.10. The summed E-state index contributed by atoms with van der Waals surface area (Å²) in [4.78, 5) is 11.8. The van der Waals surface area contributed by atoms with E-state index >= 15 is 0 Å². The molecule has 0 spiro atoms. The highest BCUT2D eigenvalue weighted by atomic mass is 16.1. The van der Waals surface area contributed by atoms with Crippen molar-refractivity contribution in [3.8, 4) is 0 Å². The lowest BCUT2D eigenvalue weighted by Gasteiger charge is -2.11. The summed E-state index contributed by atoms with van der Waals surface area (Å²) in [5, 5.41) is 5.22. The van der Waals surface area contributed by atoms with Crippen LogP contribution in [-0.2, 0) is 11.2 Å². The second kappa shape index (κ2) is 5.65. The number of hydrogen-bond donors (Lipinski definition) is 2. The lowest BCUT2D eigenvalue weighted by Crippen LogP contribution is -2.38. The molecule has 0 bridgehead atoms. The molecule has 0 saturated carbocycles. The van der Waals surface area contributed by atoms with Gasteiger partial charge in [0.25, 0.3) is 0 Å². The van der Waals surface area contributed by atoms with Crippen molar-refractivity contribution in [1.29, 1.82) is 0 Å². The van der Waals surface area contributed by atoms with Gasteiger partial charge in [0.1, 0.15) is 0 Å². The average molecular weight is 242 g/mol. The number of hydrogen-bond acceptors (Lipinski definition) is 2. The maximum Gasteiger partial charge on any atom is 0.224 e. The molecule has 0 aliphatic carbocycles. The highest BCUT2D eigenvalue weighted by Crippen LogP contribution is 2.15. The zero-order chi connectivity index (χ0) is 13.0. The SMILES string of the molecule is CC(CN)NC(=O)Cc1ccc2ccccc2c1. The molecule has 2 rings (SSSR count). The number of amides is 1. The first-order chi connectivity index (χ1) is 8.69. The van der Waals surface area contributed by atoms with Crippen molar-refractivity contribution in [2.24, 2.45) is 5.73 Å². The summed E-state index contributed by atoms with van der Waals surface area (Å²) in [6.45, 7) is 2.36. The molecule has 0 heterocycles. The molecule has 0 radical (unpaired) electrons. The molecule has 94 valence electrons. The van der Waals surface area contributed by atoms with Gasteiger partial charge >= 0.3 is 0 Å². The largest absolute Gasteiger partial charge is 0.352 e. The van der Waals surface area contributed by atoms with Crippen molar-refractivity contribution in [2.75, 3.05) is 6.54 Å². The van der Waals surface area contributed by atoms with E-state index in [2.05, 4.69) is 23.5 Å². The smallest absolute Gasteiger partial charge is 0.224 e. The van der Waals surface area contributed by atoms with Crippen molar-refractivity contribution >= 4 is 16.7 Å². The molecule has 1 atom stereocenters. The molecule has 0 aliphatic rings. The third-order valence-electron chi connectivity index (χ3n) is 2.94. The quantitative estimate of drug-likeness (QED) is 0.859. The van der Waals surface area contributed by atoms with Gasteiger partial charge in [0.05, 0.1) is 6.42 Å². The molecule has 0 fully saturated rings. The first-order valence-electron chi connectivity index (χ1n) is 6.16. The monoisotopic (exact) mass is 242 g/mol. The van der Waals surface area contributed by atoms with Gasteiger partial charge in [-0.3, -0.25) is 4.79 Å². The maximum atomic E-state index is 11.8. The third-order valence-corrected chi connectivity index (χ3v) is 2.94. The molecule has 0 saturated heterocycles. The Hall–Kier alpha value is -1.87. The van der Waals surface area contributed by atoms with E-state index in [1.165, 1.54) is 5.39 Å². The van der Waals surface area contributed by atoms with Crippen LogP contribution >= 0.6 is 0 Å². The Morgan fingerprint density at radius 2 is 1.94 bits per heavy atom. The van der Waals surface area contributed by atoms with Crippen LogP contribution in [0.2, 0.25) is 0 Å². The van der Waals surface area contributed by atoms with E-state index in [1.54, 1.807) is 0 Å². The first-order valence-corrected chi connectivity index (χ1v) is 6.16.